The van der Waals surface area contributed by atoms with Gasteiger partial charge in [0.25, 0.3) is 10.0 Å². The topological polar surface area (TPSA) is 78.5 Å². The van der Waals surface area contributed by atoms with Gasteiger partial charge in [-0.1, -0.05) is 45.2 Å². The summed E-state index contributed by atoms with van der Waals surface area (Å²) in [5.41, 5.74) is 3.39. The minimum absolute atomic E-state index is 0.0791. The smallest absolute Gasteiger partial charge is 0.322 e. The summed E-state index contributed by atoms with van der Waals surface area (Å²) >= 11 is 0. The second-order valence-electron chi connectivity index (χ2n) is 8.86. The lowest BCUT2D eigenvalue weighted by Gasteiger charge is -2.26. The number of fused-ring (bicyclic) bond motifs is 1. The van der Waals surface area contributed by atoms with Crippen LogP contribution in [0.1, 0.15) is 63.0 Å². The fraction of sp³-hybridized carbons (Fsp3) is 0.458. The zero-order valence-corrected chi connectivity index (χ0v) is 19.0. The summed E-state index contributed by atoms with van der Waals surface area (Å²) < 4.78 is 28.4. The first-order valence-corrected chi connectivity index (χ1v) is 12.7. The summed E-state index contributed by atoms with van der Waals surface area (Å²) in [5, 5.41) is 3.15. The molecule has 2 aliphatic rings. The maximum absolute atomic E-state index is 12.9. The van der Waals surface area contributed by atoms with E-state index in [4.69, 9.17) is 0 Å². The van der Waals surface area contributed by atoms with E-state index < -0.39 is 10.0 Å². The second kappa shape index (κ2) is 8.91. The molecule has 0 radical (unpaired) electrons. The summed E-state index contributed by atoms with van der Waals surface area (Å²) in [7, 11) is -3.70. The van der Waals surface area contributed by atoms with Crippen LogP contribution < -0.4 is 14.9 Å². The Morgan fingerprint density at radius 1 is 1.03 bits per heavy atom. The fourth-order valence-corrected chi connectivity index (χ4v) is 5.51. The van der Waals surface area contributed by atoms with Crippen molar-refractivity contribution in [3.8, 4) is 0 Å². The normalized spacial score (nSPS) is 16.9. The number of carbonyl (C=O) groups is 1. The zero-order valence-electron chi connectivity index (χ0n) is 18.2. The number of hydrogen-bond donors (Lipinski definition) is 2. The molecule has 166 valence electrons. The summed E-state index contributed by atoms with van der Waals surface area (Å²) in [4.78, 5) is 14.7. The average molecular weight is 442 g/mol. The molecule has 1 aliphatic carbocycles. The van der Waals surface area contributed by atoms with E-state index in [9.17, 15) is 13.2 Å². The van der Waals surface area contributed by atoms with Crippen LogP contribution in [-0.4, -0.2) is 27.0 Å². The molecule has 1 fully saturated rings. The van der Waals surface area contributed by atoms with Gasteiger partial charge in [-0.05, 0) is 66.6 Å². The van der Waals surface area contributed by atoms with Gasteiger partial charge in [-0.25, -0.2) is 13.2 Å². The van der Waals surface area contributed by atoms with Gasteiger partial charge in [0.2, 0.25) is 0 Å². The number of anilines is 2. The number of nitrogens with zero attached hydrogens (tertiary/aromatic N) is 1. The highest BCUT2D eigenvalue weighted by molar-refractivity contribution is 7.92. The second-order valence-corrected chi connectivity index (χ2v) is 10.5. The van der Waals surface area contributed by atoms with E-state index in [1.54, 1.807) is 35.2 Å². The molecule has 7 heteroatoms. The van der Waals surface area contributed by atoms with Gasteiger partial charge in [-0.3, -0.25) is 9.62 Å². The molecule has 0 atom stereocenters. The third-order valence-electron chi connectivity index (χ3n) is 6.26. The molecule has 31 heavy (non-hydrogen) atoms. The van der Waals surface area contributed by atoms with Crippen LogP contribution in [0, 0.1) is 0 Å². The fourth-order valence-electron chi connectivity index (χ4n) is 4.41. The predicted octanol–water partition coefficient (Wildman–Crippen LogP) is 5.02. The summed E-state index contributed by atoms with van der Waals surface area (Å²) in [6.45, 7) is 4.77. The van der Waals surface area contributed by atoms with E-state index in [0.29, 0.717) is 24.6 Å². The van der Waals surface area contributed by atoms with Crippen LogP contribution in [0.3, 0.4) is 0 Å². The average Bonchev–Trinajstić information content (AvgIpc) is 3.18. The Labute approximate surface area is 185 Å². The van der Waals surface area contributed by atoms with E-state index >= 15 is 0 Å². The lowest BCUT2D eigenvalue weighted by molar-refractivity contribution is 0.238. The molecule has 0 saturated heterocycles. The van der Waals surface area contributed by atoms with Gasteiger partial charge in [-0.15, -0.1) is 0 Å². The minimum Gasteiger partial charge on any atom is -0.335 e. The van der Waals surface area contributed by atoms with Crippen molar-refractivity contribution in [3.05, 3.63) is 53.6 Å². The summed E-state index contributed by atoms with van der Waals surface area (Å²) in [6, 6.07) is 12.6. The Hall–Kier alpha value is -2.54. The molecule has 0 spiro atoms. The zero-order chi connectivity index (χ0) is 22.0. The quantitative estimate of drug-likeness (QED) is 0.684. The number of nitrogens with one attached hydrogen (secondary N) is 2. The highest BCUT2D eigenvalue weighted by Gasteiger charge is 2.28. The predicted molar refractivity (Wildman–Crippen MR) is 124 cm³/mol. The number of benzene rings is 2. The number of urea groups is 1. The number of amides is 2. The van der Waals surface area contributed by atoms with Crippen LogP contribution in [0.25, 0.3) is 0 Å². The van der Waals surface area contributed by atoms with Gasteiger partial charge >= 0.3 is 6.03 Å². The van der Waals surface area contributed by atoms with E-state index in [1.807, 2.05) is 12.1 Å². The first kappa shape index (κ1) is 21.7. The van der Waals surface area contributed by atoms with Crippen LogP contribution in [0.5, 0.6) is 0 Å². The molecular weight excluding hydrogens is 410 g/mol. The lowest BCUT2D eigenvalue weighted by atomic mass is 9.96. The molecule has 0 unspecified atom stereocenters. The Morgan fingerprint density at radius 2 is 1.74 bits per heavy atom. The molecule has 2 aromatic carbocycles. The Morgan fingerprint density at radius 3 is 2.42 bits per heavy atom. The molecular formula is C24H31N3O3S. The molecule has 1 saturated carbocycles. The maximum Gasteiger partial charge on any atom is 0.322 e. The van der Waals surface area contributed by atoms with E-state index in [2.05, 4.69) is 23.9 Å². The van der Waals surface area contributed by atoms with E-state index in [-0.39, 0.29) is 17.0 Å². The third kappa shape index (κ3) is 4.87. The monoisotopic (exact) mass is 441 g/mol. The molecule has 2 amide bonds. The van der Waals surface area contributed by atoms with Gasteiger partial charge in [-0.2, -0.15) is 0 Å². The molecule has 1 aliphatic heterocycles. The molecule has 0 aromatic heterocycles. The van der Waals surface area contributed by atoms with Gasteiger partial charge in [0.05, 0.1) is 4.90 Å². The van der Waals surface area contributed by atoms with E-state index in [1.165, 1.54) is 6.42 Å². The Balaban J connectivity index is 1.47. The van der Waals surface area contributed by atoms with Crippen molar-refractivity contribution in [2.75, 3.05) is 16.2 Å². The summed E-state index contributed by atoms with van der Waals surface area (Å²) in [6.07, 6.45) is 6.29. The van der Waals surface area contributed by atoms with Gasteiger partial charge < -0.3 is 5.32 Å². The third-order valence-corrected chi connectivity index (χ3v) is 7.64. The van der Waals surface area contributed by atoms with Gasteiger partial charge in [0, 0.05) is 24.0 Å². The molecule has 2 N–H and O–H groups in total. The Kier molecular flexibility index (Phi) is 6.23. The van der Waals surface area contributed by atoms with Gasteiger partial charge in [0.1, 0.15) is 0 Å². The summed E-state index contributed by atoms with van der Waals surface area (Å²) in [5.74, 6) is 0.389. The number of rotatable bonds is 5. The van der Waals surface area contributed by atoms with Crippen LogP contribution in [0.4, 0.5) is 16.2 Å². The van der Waals surface area contributed by atoms with Crippen molar-refractivity contribution < 1.29 is 13.2 Å². The Bertz CT molecular complexity index is 1040. The maximum atomic E-state index is 12.9. The minimum atomic E-state index is -3.70. The van der Waals surface area contributed by atoms with Gasteiger partial charge in [0.15, 0.2) is 0 Å². The number of hydrogen-bond acceptors (Lipinski definition) is 3. The van der Waals surface area contributed by atoms with Crippen LogP contribution in [0.2, 0.25) is 0 Å². The van der Waals surface area contributed by atoms with Crippen LogP contribution in [0.15, 0.2) is 47.4 Å². The molecule has 1 heterocycles. The van der Waals surface area contributed by atoms with Crippen molar-refractivity contribution in [1.29, 1.82) is 0 Å². The molecule has 0 bridgehead atoms. The van der Waals surface area contributed by atoms with E-state index in [0.717, 1.165) is 42.5 Å². The first-order chi connectivity index (χ1) is 14.8. The lowest BCUT2D eigenvalue weighted by Crippen LogP contribution is -2.45. The van der Waals surface area contributed by atoms with Crippen LogP contribution >= 0.6 is 0 Å². The van der Waals surface area contributed by atoms with Crippen molar-refractivity contribution >= 4 is 27.4 Å². The SMILES string of the molecule is CC(C)c1ccc(NS(=O)(=O)c2ccc3c(c2)CCN3C(=O)NC2CCCCC2)cc1. The molecule has 6 nitrogen and oxygen atoms in total. The number of sulfonamides is 1. The van der Waals surface area contributed by atoms with Crippen molar-refractivity contribution in [1.82, 2.24) is 5.32 Å². The molecule has 2 aromatic rings. The van der Waals surface area contributed by atoms with Crippen molar-refractivity contribution in [3.63, 3.8) is 0 Å². The van der Waals surface area contributed by atoms with Crippen molar-refractivity contribution in [2.45, 2.75) is 69.2 Å². The largest absolute Gasteiger partial charge is 0.335 e. The highest BCUT2D eigenvalue weighted by atomic mass is 32.2. The van der Waals surface area contributed by atoms with Crippen molar-refractivity contribution in [2.24, 2.45) is 0 Å². The highest BCUT2D eigenvalue weighted by Crippen LogP contribution is 2.31. The van der Waals surface area contributed by atoms with Crippen LogP contribution in [-0.2, 0) is 16.4 Å². The number of carbonyl (C=O) groups excluding carboxylic acids is 1. The molecule has 4 rings (SSSR count). The first-order valence-electron chi connectivity index (χ1n) is 11.2. The standard InChI is InChI=1S/C24H31N3O3S/c1-17(2)18-8-10-21(11-9-18)26-31(29,30)22-12-13-23-19(16-22)14-15-27(23)24(28)25-20-6-4-3-5-7-20/h8-13,16-17,20,26H,3-7,14-15H2,1-2H3,(H,25,28).